The van der Waals surface area contributed by atoms with E-state index in [2.05, 4.69) is 16.0 Å². The lowest BCUT2D eigenvalue weighted by Gasteiger charge is -2.13. The van der Waals surface area contributed by atoms with Crippen LogP contribution < -0.4 is 16.0 Å². The van der Waals surface area contributed by atoms with E-state index in [-0.39, 0.29) is 19.0 Å². The number of carbonyl (C=O) groups excluding carboxylic acids is 1. The van der Waals surface area contributed by atoms with Crippen molar-refractivity contribution in [2.24, 2.45) is 0 Å². The number of hydrogen-bond donors (Lipinski definition) is 3. The topological polar surface area (TPSA) is 53.2 Å². The number of anilines is 1. The molecule has 0 radical (unpaired) electrons. The van der Waals surface area contributed by atoms with Crippen LogP contribution in [-0.2, 0) is 0 Å². The molecular formula is C14H20F3N3O. The van der Waals surface area contributed by atoms with Gasteiger partial charge in [0.2, 0.25) is 0 Å². The maximum atomic E-state index is 11.9. The molecule has 1 atom stereocenters. The Labute approximate surface area is 122 Å². The van der Waals surface area contributed by atoms with Gasteiger partial charge in [-0.3, -0.25) is 0 Å². The number of benzene rings is 1. The van der Waals surface area contributed by atoms with E-state index in [9.17, 15) is 18.0 Å². The highest BCUT2D eigenvalue weighted by Gasteiger charge is 2.25. The predicted molar refractivity (Wildman–Crippen MR) is 76.2 cm³/mol. The molecule has 0 aliphatic rings. The molecule has 0 saturated carbocycles. The van der Waals surface area contributed by atoms with Gasteiger partial charge in [0.05, 0.1) is 0 Å². The van der Waals surface area contributed by atoms with Crippen molar-refractivity contribution in [3.05, 3.63) is 29.8 Å². The first-order chi connectivity index (χ1) is 9.81. The van der Waals surface area contributed by atoms with Gasteiger partial charge < -0.3 is 16.0 Å². The van der Waals surface area contributed by atoms with Crippen LogP contribution in [0.4, 0.5) is 23.7 Å². The highest BCUT2D eigenvalue weighted by Crippen LogP contribution is 2.20. The van der Waals surface area contributed by atoms with E-state index in [1.807, 2.05) is 32.2 Å². The van der Waals surface area contributed by atoms with Crippen LogP contribution in [0.15, 0.2) is 24.3 Å². The third-order valence-corrected chi connectivity index (χ3v) is 3.00. The molecule has 118 valence electrons. The largest absolute Gasteiger partial charge is 0.389 e. The fraction of sp³-hybridized carbons (Fsp3) is 0.500. The molecular weight excluding hydrogens is 283 g/mol. The molecule has 0 spiro atoms. The van der Waals surface area contributed by atoms with Gasteiger partial charge in [-0.15, -0.1) is 0 Å². The molecule has 0 fully saturated rings. The molecule has 21 heavy (non-hydrogen) atoms. The van der Waals surface area contributed by atoms with Crippen molar-refractivity contribution in [1.29, 1.82) is 0 Å². The van der Waals surface area contributed by atoms with E-state index in [0.717, 1.165) is 5.56 Å². The summed E-state index contributed by atoms with van der Waals surface area (Å²) in [5.41, 5.74) is 1.61. The predicted octanol–water partition coefficient (Wildman–Crippen LogP) is 3.43. The second kappa shape index (κ2) is 7.87. The Balaban J connectivity index is 2.41. The third kappa shape index (κ3) is 6.99. The van der Waals surface area contributed by atoms with Crippen LogP contribution in [0.2, 0.25) is 0 Å². The summed E-state index contributed by atoms with van der Waals surface area (Å²) >= 11 is 0. The summed E-state index contributed by atoms with van der Waals surface area (Å²) in [6.45, 7) is 1.97. The lowest BCUT2D eigenvalue weighted by molar-refractivity contribution is -0.135. The first-order valence-electron chi connectivity index (χ1n) is 6.70. The molecule has 1 aromatic carbocycles. The standard InChI is InChI=1S/C14H20F3N3O/c1-10(18-2)11-5-3-6-12(9-11)20-13(21)19-8-4-7-14(15,16)17/h3,5-6,9-10,18H,4,7-8H2,1-2H3,(H2,19,20,21). The van der Waals surface area contributed by atoms with Crippen molar-refractivity contribution in [1.82, 2.24) is 10.6 Å². The van der Waals surface area contributed by atoms with Crippen molar-refractivity contribution < 1.29 is 18.0 Å². The van der Waals surface area contributed by atoms with E-state index in [4.69, 9.17) is 0 Å². The highest BCUT2D eigenvalue weighted by atomic mass is 19.4. The van der Waals surface area contributed by atoms with Crippen LogP contribution in [0.25, 0.3) is 0 Å². The Bertz CT molecular complexity index is 463. The number of rotatable bonds is 6. The van der Waals surface area contributed by atoms with E-state index in [0.29, 0.717) is 5.69 Å². The van der Waals surface area contributed by atoms with Crippen LogP contribution in [0.5, 0.6) is 0 Å². The van der Waals surface area contributed by atoms with Crippen molar-refractivity contribution in [3.63, 3.8) is 0 Å². The quantitative estimate of drug-likeness (QED) is 0.705. The van der Waals surface area contributed by atoms with E-state index < -0.39 is 18.6 Å². The van der Waals surface area contributed by atoms with Gasteiger partial charge in [0, 0.05) is 24.7 Å². The van der Waals surface area contributed by atoms with Crippen molar-refractivity contribution >= 4 is 11.7 Å². The van der Waals surface area contributed by atoms with E-state index >= 15 is 0 Å². The maximum absolute atomic E-state index is 11.9. The summed E-state index contributed by atoms with van der Waals surface area (Å²) in [5.74, 6) is 0. The fourth-order valence-corrected chi connectivity index (χ4v) is 1.72. The normalized spacial score (nSPS) is 12.8. The zero-order valence-electron chi connectivity index (χ0n) is 12.1. The molecule has 4 nitrogen and oxygen atoms in total. The summed E-state index contributed by atoms with van der Waals surface area (Å²) < 4.78 is 35.8. The Hall–Kier alpha value is -1.76. The SMILES string of the molecule is CNC(C)c1cccc(NC(=O)NCCCC(F)(F)F)c1. The minimum Gasteiger partial charge on any atom is -0.338 e. The monoisotopic (exact) mass is 303 g/mol. The van der Waals surface area contributed by atoms with Gasteiger partial charge in [0.25, 0.3) is 0 Å². The second-order valence-electron chi connectivity index (χ2n) is 4.74. The molecule has 0 bridgehead atoms. The Morgan fingerprint density at radius 1 is 1.33 bits per heavy atom. The average Bonchev–Trinajstić information content (AvgIpc) is 2.42. The van der Waals surface area contributed by atoms with Crippen LogP contribution in [0.1, 0.15) is 31.4 Å². The highest BCUT2D eigenvalue weighted by molar-refractivity contribution is 5.89. The Morgan fingerprint density at radius 2 is 2.05 bits per heavy atom. The third-order valence-electron chi connectivity index (χ3n) is 3.00. The van der Waals surface area contributed by atoms with Crippen LogP contribution in [-0.4, -0.2) is 25.8 Å². The number of nitrogens with one attached hydrogen (secondary N) is 3. The lowest BCUT2D eigenvalue weighted by atomic mass is 10.1. The molecule has 0 aliphatic heterocycles. The Morgan fingerprint density at radius 3 is 2.67 bits per heavy atom. The van der Waals surface area contributed by atoms with Gasteiger partial charge in [-0.2, -0.15) is 13.2 Å². The van der Waals surface area contributed by atoms with Gasteiger partial charge in [0.1, 0.15) is 0 Å². The molecule has 1 aromatic rings. The van der Waals surface area contributed by atoms with Crippen LogP contribution in [0, 0.1) is 0 Å². The molecule has 0 aromatic heterocycles. The summed E-state index contributed by atoms with van der Waals surface area (Å²) in [4.78, 5) is 11.6. The fourth-order valence-electron chi connectivity index (χ4n) is 1.72. The average molecular weight is 303 g/mol. The van der Waals surface area contributed by atoms with Crippen molar-refractivity contribution in [2.45, 2.75) is 32.0 Å². The van der Waals surface area contributed by atoms with E-state index in [1.54, 1.807) is 6.07 Å². The summed E-state index contributed by atoms with van der Waals surface area (Å²) in [5, 5.41) is 8.08. The molecule has 0 heterocycles. The van der Waals surface area contributed by atoms with Crippen LogP contribution in [0.3, 0.4) is 0 Å². The molecule has 0 saturated heterocycles. The van der Waals surface area contributed by atoms with Crippen molar-refractivity contribution in [3.8, 4) is 0 Å². The number of hydrogen-bond acceptors (Lipinski definition) is 2. The minimum atomic E-state index is -4.18. The van der Waals surface area contributed by atoms with Gasteiger partial charge >= 0.3 is 12.2 Å². The molecule has 0 aliphatic carbocycles. The maximum Gasteiger partial charge on any atom is 0.389 e. The van der Waals surface area contributed by atoms with E-state index in [1.165, 1.54) is 0 Å². The lowest BCUT2D eigenvalue weighted by Crippen LogP contribution is -2.30. The molecule has 7 heteroatoms. The number of urea groups is 1. The van der Waals surface area contributed by atoms with Gasteiger partial charge in [-0.25, -0.2) is 4.79 Å². The number of carbonyl (C=O) groups is 1. The van der Waals surface area contributed by atoms with Gasteiger partial charge in [-0.05, 0) is 38.1 Å². The van der Waals surface area contributed by atoms with Gasteiger partial charge in [0.15, 0.2) is 0 Å². The molecule has 1 rings (SSSR count). The number of halogens is 3. The molecule has 3 N–H and O–H groups in total. The van der Waals surface area contributed by atoms with Crippen molar-refractivity contribution in [2.75, 3.05) is 18.9 Å². The summed E-state index contributed by atoms with van der Waals surface area (Å²) in [7, 11) is 1.83. The zero-order chi connectivity index (χ0) is 15.9. The summed E-state index contributed by atoms with van der Waals surface area (Å²) in [6, 6.07) is 6.90. The molecule has 1 unspecified atom stereocenters. The first kappa shape index (κ1) is 17.3. The first-order valence-corrected chi connectivity index (χ1v) is 6.70. The Kier molecular flexibility index (Phi) is 6.48. The second-order valence-corrected chi connectivity index (χ2v) is 4.74. The minimum absolute atomic E-state index is 0.0159. The number of amides is 2. The smallest absolute Gasteiger partial charge is 0.338 e. The molecule has 2 amide bonds. The van der Waals surface area contributed by atoms with Crippen LogP contribution >= 0.6 is 0 Å². The van der Waals surface area contributed by atoms with Gasteiger partial charge in [-0.1, -0.05) is 12.1 Å². The number of alkyl halides is 3. The summed E-state index contributed by atoms with van der Waals surface area (Å²) in [6.07, 6.45) is -5.22. The zero-order valence-corrected chi connectivity index (χ0v) is 12.1.